The Morgan fingerprint density at radius 2 is 2.12 bits per heavy atom. The highest BCUT2D eigenvalue weighted by molar-refractivity contribution is 7.11. The third-order valence-corrected chi connectivity index (χ3v) is 6.16. The summed E-state index contributed by atoms with van der Waals surface area (Å²) < 4.78 is 0. The number of benzene rings is 1. The summed E-state index contributed by atoms with van der Waals surface area (Å²) in [6.07, 6.45) is 6.33. The van der Waals surface area contributed by atoms with Crippen LogP contribution in [0.4, 0.5) is 0 Å². The van der Waals surface area contributed by atoms with Gasteiger partial charge in [0, 0.05) is 23.9 Å². The highest BCUT2D eigenvalue weighted by Crippen LogP contribution is 2.28. The summed E-state index contributed by atoms with van der Waals surface area (Å²) in [5.41, 5.74) is 2.56. The van der Waals surface area contributed by atoms with Crippen molar-refractivity contribution < 1.29 is 4.79 Å². The standard InChI is InChI=1S/C19H23N3OS/c23-19(16-10-9-14(21-16)13-5-2-1-3-6-13)20-12-11-18-22-15-7-4-8-17(15)24-18/h1-3,5-6,14,16,21H,4,7-12H2,(H,20,23)/t14-,16-/m1/s1. The fraction of sp³-hybridized carbons (Fsp3) is 0.474. The number of aryl methyl sites for hydroxylation is 2. The van der Waals surface area contributed by atoms with Crippen LogP contribution in [0.25, 0.3) is 0 Å². The molecule has 2 aliphatic rings. The molecular weight excluding hydrogens is 318 g/mol. The summed E-state index contributed by atoms with van der Waals surface area (Å²) in [4.78, 5) is 18.5. The van der Waals surface area contributed by atoms with Gasteiger partial charge in [-0.15, -0.1) is 11.3 Å². The van der Waals surface area contributed by atoms with Gasteiger partial charge in [-0.05, 0) is 37.7 Å². The Kier molecular flexibility index (Phi) is 4.63. The Morgan fingerprint density at radius 3 is 2.96 bits per heavy atom. The summed E-state index contributed by atoms with van der Waals surface area (Å²) in [7, 11) is 0. The lowest BCUT2D eigenvalue weighted by Gasteiger charge is -2.14. The Morgan fingerprint density at radius 1 is 1.25 bits per heavy atom. The van der Waals surface area contributed by atoms with E-state index in [4.69, 9.17) is 0 Å². The average Bonchev–Trinajstić information content (AvgIpc) is 3.31. The van der Waals surface area contributed by atoms with Crippen molar-refractivity contribution in [2.45, 2.75) is 50.6 Å². The van der Waals surface area contributed by atoms with Crippen molar-refractivity contribution in [3.8, 4) is 0 Å². The number of carbonyl (C=O) groups is 1. The molecule has 2 N–H and O–H groups in total. The Bertz CT molecular complexity index is 691. The van der Waals surface area contributed by atoms with Crippen LogP contribution in [-0.4, -0.2) is 23.5 Å². The predicted molar refractivity (Wildman–Crippen MR) is 96.2 cm³/mol. The summed E-state index contributed by atoms with van der Waals surface area (Å²) in [5, 5.41) is 7.71. The lowest BCUT2D eigenvalue weighted by Crippen LogP contribution is -2.41. The van der Waals surface area contributed by atoms with Gasteiger partial charge in [0.15, 0.2) is 0 Å². The molecular formula is C19H23N3OS. The van der Waals surface area contributed by atoms with E-state index < -0.39 is 0 Å². The summed E-state index contributed by atoms with van der Waals surface area (Å²) in [5.74, 6) is 0.123. The Labute approximate surface area is 146 Å². The number of aromatic nitrogens is 1. The van der Waals surface area contributed by atoms with Crippen LogP contribution in [-0.2, 0) is 24.1 Å². The molecule has 2 aromatic rings. The van der Waals surface area contributed by atoms with E-state index in [0.29, 0.717) is 12.6 Å². The van der Waals surface area contributed by atoms with Gasteiger partial charge < -0.3 is 5.32 Å². The molecule has 2 atom stereocenters. The first-order valence-electron chi connectivity index (χ1n) is 8.86. The highest BCUT2D eigenvalue weighted by Gasteiger charge is 2.29. The van der Waals surface area contributed by atoms with E-state index in [1.807, 2.05) is 17.4 Å². The van der Waals surface area contributed by atoms with Crippen molar-refractivity contribution in [3.05, 3.63) is 51.5 Å². The molecule has 1 fully saturated rings. The number of fused-ring (bicyclic) bond motifs is 1. The first-order valence-corrected chi connectivity index (χ1v) is 9.67. The molecule has 4 nitrogen and oxygen atoms in total. The van der Waals surface area contributed by atoms with Crippen LogP contribution >= 0.6 is 11.3 Å². The van der Waals surface area contributed by atoms with E-state index in [1.54, 1.807) is 0 Å². The maximum Gasteiger partial charge on any atom is 0.237 e. The largest absolute Gasteiger partial charge is 0.354 e. The van der Waals surface area contributed by atoms with Crippen LogP contribution in [0.15, 0.2) is 30.3 Å². The van der Waals surface area contributed by atoms with E-state index in [1.165, 1.54) is 34.0 Å². The molecule has 4 rings (SSSR count). The predicted octanol–water partition coefficient (Wildman–Crippen LogP) is 2.78. The van der Waals surface area contributed by atoms with Gasteiger partial charge >= 0.3 is 0 Å². The Hall–Kier alpha value is -1.72. The van der Waals surface area contributed by atoms with Crippen LogP contribution < -0.4 is 10.6 Å². The summed E-state index contributed by atoms with van der Waals surface area (Å²) in [6.45, 7) is 0.680. The van der Waals surface area contributed by atoms with Gasteiger partial charge in [-0.25, -0.2) is 4.98 Å². The van der Waals surface area contributed by atoms with Gasteiger partial charge in [-0.1, -0.05) is 30.3 Å². The molecule has 126 valence electrons. The molecule has 24 heavy (non-hydrogen) atoms. The van der Waals surface area contributed by atoms with Crippen molar-refractivity contribution >= 4 is 17.2 Å². The van der Waals surface area contributed by atoms with Crippen molar-refractivity contribution in [2.24, 2.45) is 0 Å². The molecule has 0 saturated carbocycles. The monoisotopic (exact) mass is 341 g/mol. The quantitative estimate of drug-likeness (QED) is 0.879. The number of nitrogens with zero attached hydrogens (tertiary/aromatic N) is 1. The maximum atomic E-state index is 12.4. The lowest BCUT2D eigenvalue weighted by atomic mass is 10.1. The van der Waals surface area contributed by atoms with Crippen molar-refractivity contribution in [2.75, 3.05) is 6.54 Å². The van der Waals surface area contributed by atoms with E-state index in [9.17, 15) is 4.79 Å². The molecule has 1 amide bonds. The van der Waals surface area contributed by atoms with Crippen LogP contribution in [0.3, 0.4) is 0 Å². The van der Waals surface area contributed by atoms with E-state index in [0.717, 1.165) is 25.7 Å². The maximum absolute atomic E-state index is 12.4. The minimum absolute atomic E-state index is 0.0727. The number of hydrogen-bond acceptors (Lipinski definition) is 4. The Balaban J connectivity index is 1.24. The number of rotatable bonds is 5. The normalized spacial score (nSPS) is 22.5. The number of thiazole rings is 1. The number of carbonyl (C=O) groups excluding carboxylic acids is 1. The van der Waals surface area contributed by atoms with Crippen LogP contribution in [0.1, 0.15) is 46.4 Å². The summed E-state index contributed by atoms with van der Waals surface area (Å²) >= 11 is 1.83. The molecule has 0 spiro atoms. The molecule has 1 aliphatic carbocycles. The zero-order valence-corrected chi connectivity index (χ0v) is 14.6. The lowest BCUT2D eigenvalue weighted by molar-refractivity contribution is -0.122. The average molecular weight is 341 g/mol. The molecule has 1 aromatic carbocycles. The zero-order valence-electron chi connectivity index (χ0n) is 13.8. The topological polar surface area (TPSA) is 54.0 Å². The van der Waals surface area contributed by atoms with Crippen molar-refractivity contribution in [1.82, 2.24) is 15.6 Å². The van der Waals surface area contributed by atoms with Crippen molar-refractivity contribution in [3.63, 3.8) is 0 Å². The van der Waals surface area contributed by atoms with Crippen LogP contribution in [0, 0.1) is 0 Å². The second-order valence-electron chi connectivity index (χ2n) is 6.63. The molecule has 0 unspecified atom stereocenters. The first kappa shape index (κ1) is 15.8. The third-order valence-electron chi connectivity index (χ3n) is 4.94. The number of amides is 1. The zero-order chi connectivity index (χ0) is 16.4. The molecule has 1 aromatic heterocycles. The van der Waals surface area contributed by atoms with Gasteiger partial charge in [0.2, 0.25) is 5.91 Å². The van der Waals surface area contributed by atoms with Crippen LogP contribution in [0.2, 0.25) is 0 Å². The highest BCUT2D eigenvalue weighted by atomic mass is 32.1. The fourth-order valence-corrected chi connectivity index (χ4v) is 4.82. The fourth-order valence-electron chi connectivity index (χ4n) is 3.66. The van der Waals surface area contributed by atoms with Crippen LogP contribution in [0.5, 0.6) is 0 Å². The third kappa shape index (κ3) is 3.37. The SMILES string of the molecule is O=C(NCCc1nc2c(s1)CCC2)[C@H]1CC[C@H](c2ccccc2)N1. The van der Waals surface area contributed by atoms with Crippen molar-refractivity contribution in [1.29, 1.82) is 0 Å². The second-order valence-corrected chi connectivity index (χ2v) is 7.80. The summed E-state index contributed by atoms with van der Waals surface area (Å²) in [6, 6.07) is 10.6. The van der Waals surface area contributed by atoms with Gasteiger partial charge in [0.25, 0.3) is 0 Å². The number of hydrogen-bond donors (Lipinski definition) is 2. The molecule has 0 radical (unpaired) electrons. The molecule has 0 bridgehead atoms. The van der Waals surface area contributed by atoms with Gasteiger partial charge in [0.05, 0.1) is 16.7 Å². The van der Waals surface area contributed by atoms with E-state index in [2.05, 4.69) is 39.9 Å². The van der Waals surface area contributed by atoms with Gasteiger partial charge in [0.1, 0.15) is 0 Å². The first-order chi connectivity index (χ1) is 11.8. The van der Waals surface area contributed by atoms with Gasteiger partial charge in [-0.3, -0.25) is 10.1 Å². The molecule has 1 saturated heterocycles. The minimum Gasteiger partial charge on any atom is -0.354 e. The molecule has 5 heteroatoms. The molecule has 1 aliphatic heterocycles. The smallest absolute Gasteiger partial charge is 0.237 e. The minimum atomic E-state index is -0.0727. The van der Waals surface area contributed by atoms with E-state index >= 15 is 0 Å². The molecule has 2 heterocycles. The van der Waals surface area contributed by atoms with E-state index in [-0.39, 0.29) is 11.9 Å². The van der Waals surface area contributed by atoms with Gasteiger partial charge in [-0.2, -0.15) is 0 Å². The number of nitrogens with one attached hydrogen (secondary N) is 2. The second kappa shape index (κ2) is 7.03.